The van der Waals surface area contributed by atoms with Crippen molar-refractivity contribution < 1.29 is 0 Å². The van der Waals surface area contributed by atoms with E-state index in [0.29, 0.717) is 18.0 Å². The van der Waals surface area contributed by atoms with Gasteiger partial charge in [0.05, 0.1) is 0 Å². The Morgan fingerprint density at radius 1 is 1.05 bits per heavy atom. The molecule has 2 atom stereocenters. The predicted octanol–water partition coefficient (Wildman–Crippen LogP) is 3.29. The quantitative estimate of drug-likeness (QED) is 0.660. The van der Waals surface area contributed by atoms with Crippen LogP contribution >= 0.6 is 0 Å². The Morgan fingerprint density at radius 3 is 2.43 bits per heavy atom. The number of hydrogen-bond acceptors (Lipinski definition) is 1. The van der Waals surface area contributed by atoms with Crippen molar-refractivity contribution in [2.45, 2.75) is 57.0 Å². The van der Waals surface area contributed by atoms with Gasteiger partial charge in [-0.25, -0.2) is 0 Å². The zero-order valence-corrected chi connectivity index (χ0v) is 13.2. The lowest BCUT2D eigenvalue weighted by molar-refractivity contribution is 0.329. The van der Waals surface area contributed by atoms with Crippen molar-refractivity contribution in [3.8, 4) is 0 Å². The number of hydrogen-bond donors (Lipinski definition) is 2. The van der Waals surface area contributed by atoms with Crippen molar-refractivity contribution in [3.63, 3.8) is 0 Å². The second kappa shape index (κ2) is 6.50. The van der Waals surface area contributed by atoms with Crippen molar-refractivity contribution in [2.24, 2.45) is 10.9 Å². The van der Waals surface area contributed by atoms with E-state index in [-0.39, 0.29) is 0 Å². The number of nitrogens with zero attached hydrogens (tertiary/aromatic N) is 1. The second-order valence-electron chi connectivity index (χ2n) is 6.68. The first-order valence-electron chi connectivity index (χ1n) is 8.31. The van der Waals surface area contributed by atoms with Crippen LogP contribution < -0.4 is 10.6 Å². The normalized spacial score (nSPS) is 32.6. The zero-order valence-electron chi connectivity index (χ0n) is 13.2. The number of rotatable bonds is 3. The molecule has 3 rings (SSSR count). The highest BCUT2D eigenvalue weighted by Gasteiger charge is 2.39. The van der Waals surface area contributed by atoms with E-state index < -0.39 is 0 Å². The van der Waals surface area contributed by atoms with E-state index in [4.69, 9.17) is 0 Å². The average Bonchev–Trinajstić information content (AvgIpc) is 3.29. The van der Waals surface area contributed by atoms with Crippen LogP contribution in [0.3, 0.4) is 0 Å². The van der Waals surface area contributed by atoms with Gasteiger partial charge in [-0.1, -0.05) is 37.3 Å². The lowest BCUT2D eigenvalue weighted by Gasteiger charge is -2.28. The summed E-state index contributed by atoms with van der Waals surface area (Å²) in [6.45, 7) is 2.36. The molecule has 0 heterocycles. The molecule has 2 fully saturated rings. The van der Waals surface area contributed by atoms with E-state index in [9.17, 15) is 0 Å². The maximum absolute atomic E-state index is 4.40. The fourth-order valence-corrected chi connectivity index (χ4v) is 3.37. The minimum absolute atomic E-state index is 0.543. The zero-order chi connectivity index (χ0) is 14.7. The molecule has 0 aromatic heterocycles. The van der Waals surface area contributed by atoms with Crippen molar-refractivity contribution in [2.75, 3.05) is 7.05 Å². The van der Waals surface area contributed by atoms with Gasteiger partial charge in [0, 0.05) is 25.0 Å². The van der Waals surface area contributed by atoms with E-state index in [1.807, 2.05) is 7.05 Å². The summed E-state index contributed by atoms with van der Waals surface area (Å²) in [6.07, 6.45) is 6.44. The molecule has 1 aromatic carbocycles. The Labute approximate surface area is 128 Å². The van der Waals surface area contributed by atoms with Crippen LogP contribution in [0.4, 0.5) is 0 Å². The summed E-state index contributed by atoms with van der Waals surface area (Å²) in [5, 5.41) is 7.20. The first-order valence-corrected chi connectivity index (χ1v) is 8.31. The highest BCUT2D eigenvalue weighted by molar-refractivity contribution is 5.80. The smallest absolute Gasteiger partial charge is 0.191 e. The van der Waals surface area contributed by atoms with Crippen LogP contribution in [0.25, 0.3) is 0 Å². The van der Waals surface area contributed by atoms with Crippen LogP contribution in [-0.2, 0) is 0 Å². The van der Waals surface area contributed by atoms with E-state index in [0.717, 1.165) is 11.9 Å². The largest absolute Gasteiger partial charge is 0.354 e. The minimum atomic E-state index is 0.543. The van der Waals surface area contributed by atoms with Gasteiger partial charge in [-0.2, -0.15) is 0 Å². The van der Waals surface area contributed by atoms with Crippen LogP contribution in [0.1, 0.15) is 50.5 Å². The van der Waals surface area contributed by atoms with E-state index in [2.05, 4.69) is 52.9 Å². The molecule has 2 unspecified atom stereocenters. The molecule has 2 aliphatic carbocycles. The van der Waals surface area contributed by atoms with Crippen LogP contribution in [0.2, 0.25) is 0 Å². The van der Waals surface area contributed by atoms with Crippen molar-refractivity contribution in [3.05, 3.63) is 35.9 Å². The SMILES string of the molecule is CN=C(NC1CCC(C)CC1)NC1CC1c1ccccc1. The Hall–Kier alpha value is -1.51. The van der Waals surface area contributed by atoms with Gasteiger partial charge in [-0.05, 0) is 43.6 Å². The number of guanidine groups is 1. The second-order valence-corrected chi connectivity index (χ2v) is 6.68. The molecule has 1 aromatic rings. The number of nitrogens with one attached hydrogen (secondary N) is 2. The monoisotopic (exact) mass is 285 g/mol. The van der Waals surface area contributed by atoms with Gasteiger partial charge in [0.2, 0.25) is 0 Å². The molecule has 0 spiro atoms. The number of aliphatic imine (C=N–C) groups is 1. The Morgan fingerprint density at radius 2 is 1.76 bits per heavy atom. The van der Waals surface area contributed by atoms with Gasteiger partial charge in [0.15, 0.2) is 5.96 Å². The topological polar surface area (TPSA) is 36.4 Å². The predicted molar refractivity (Wildman–Crippen MR) is 88.6 cm³/mol. The fraction of sp³-hybridized carbons (Fsp3) is 0.611. The van der Waals surface area contributed by atoms with Crippen LogP contribution in [-0.4, -0.2) is 25.1 Å². The lowest BCUT2D eigenvalue weighted by atomic mass is 9.87. The molecule has 0 amide bonds. The Balaban J connectivity index is 1.48. The standard InChI is InChI=1S/C18H27N3/c1-13-8-10-15(11-9-13)20-18(19-2)21-17-12-16(17)14-6-4-3-5-7-14/h3-7,13,15-17H,8-12H2,1-2H3,(H2,19,20,21). The summed E-state index contributed by atoms with van der Waals surface area (Å²) in [5.41, 5.74) is 1.44. The highest BCUT2D eigenvalue weighted by atomic mass is 15.2. The molecular weight excluding hydrogens is 258 g/mol. The summed E-state index contributed by atoms with van der Waals surface area (Å²) in [7, 11) is 1.88. The molecule has 0 aliphatic heterocycles. The third-order valence-electron chi connectivity index (χ3n) is 4.92. The molecule has 21 heavy (non-hydrogen) atoms. The fourth-order valence-electron chi connectivity index (χ4n) is 3.37. The third-order valence-corrected chi connectivity index (χ3v) is 4.92. The van der Waals surface area contributed by atoms with E-state index in [1.165, 1.54) is 37.7 Å². The summed E-state index contributed by atoms with van der Waals surface area (Å²) < 4.78 is 0. The van der Waals surface area contributed by atoms with Gasteiger partial charge in [0.25, 0.3) is 0 Å². The van der Waals surface area contributed by atoms with Crippen molar-refractivity contribution >= 4 is 5.96 Å². The first-order chi connectivity index (χ1) is 10.3. The van der Waals surface area contributed by atoms with Gasteiger partial charge in [0.1, 0.15) is 0 Å². The van der Waals surface area contributed by atoms with E-state index in [1.54, 1.807) is 0 Å². The lowest BCUT2D eigenvalue weighted by Crippen LogP contribution is -2.45. The molecule has 114 valence electrons. The number of benzene rings is 1. The Bertz CT molecular complexity index is 474. The molecule has 3 heteroatoms. The van der Waals surface area contributed by atoms with Gasteiger partial charge in [-0.15, -0.1) is 0 Å². The average molecular weight is 285 g/mol. The summed E-state index contributed by atoms with van der Waals surface area (Å²) in [6, 6.07) is 11.9. The molecule has 3 nitrogen and oxygen atoms in total. The molecule has 0 radical (unpaired) electrons. The highest BCUT2D eigenvalue weighted by Crippen LogP contribution is 2.40. The molecule has 0 bridgehead atoms. The van der Waals surface area contributed by atoms with E-state index >= 15 is 0 Å². The van der Waals surface area contributed by atoms with Gasteiger partial charge in [-0.3, -0.25) is 4.99 Å². The third kappa shape index (κ3) is 3.78. The molecule has 2 N–H and O–H groups in total. The minimum Gasteiger partial charge on any atom is -0.354 e. The van der Waals surface area contributed by atoms with Crippen LogP contribution in [0.5, 0.6) is 0 Å². The van der Waals surface area contributed by atoms with Crippen molar-refractivity contribution in [1.29, 1.82) is 0 Å². The van der Waals surface area contributed by atoms with Crippen LogP contribution in [0, 0.1) is 5.92 Å². The molecule has 2 aliphatic rings. The first kappa shape index (κ1) is 14.4. The molecule has 0 saturated heterocycles. The Kier molecular flexibility index (Phi) is 4.47. The maximum atomic E-state index is 4.40. The molecule has 2 saturated carbocycles. The van der Waals surface area contributed by atoms with Gasteiger partial charge >= 0.3 is 0 Å². The summed E-state index contributed by atoms with van der Waals surface area (Å²) in [4.78, 5) is 4.40. The summed E-state index contributed by atoms with van der Waals surface area (Å²) in [5.74, 6) is 2.53. The van der Waals surface area contributed by atoms with Gasteiger partial charge < -0.3 is 10.6 Å². The maximum Gasteiger partial charge on any atom is 0.191 e. The van der Waals surface area contributed by atoms with Crippen LogP contribution in [0.15, 0.2) is 35.3 Å². The molecular formula is C18H27N3. The summed E-state index contributed by atoms with van der Waals surface area (Å²) >= 11 is 0. The van der Waals surface area contributed by atoms with Crippen molar-refractivity contribution in [1.82, 2.24) is 10.6 Å².